The number of anilines is 1. The van der Waals surface area contributed by atoms with Gasteiger partial charge in [0.25, 0.3) is 0 Å². The second-order valence-electron chi connectivity index (χ2n) is 5.50. The van der Waals surface area contributed by atoms with Crippen LogP contribution in [0.5, 0.6) is 0 Å². The molecule has 19 heavy (non-hydrogen) atoms. The molecule has 0 amide bonds. The summed E-state index contributed by atoms with van der Waals surface area (Å²) in [5, 5.41) is 8.69. The first-order valence-electron chi connectivity index (χ1n) is 6.66. The zero-order chi connectivity index (χ0) is 14.4. The van der Waals surface area contributed by atoms with Crippen LogP contribution in [0, 0.1) is 5.92 Å². The summed E-state index contributed by atoms with van der Waals surface area (Å²) >= 11 is 0. The largest absolute Gasteiger partial charge is 0.481 e. The van der Waals surface area contributed by atoms with Gasteiger partial charge in [0, 0.05) is 25.3 Å². The summed E-state index contributed by atoms with van der Waals surface area (Å²) in [7, 11) is 1.93. The molecule has 0 aromatic heterocycles. The summed E-state index contributed by atoms with van der Waals surface area (Å²) in [5.74, 6) is -0.208. The van der Waals surface area contributed by atoms with Crippen LogP contribution in [0.2, 0.25) is 0 Å². The van der Waals surface area contributed by atoms with Crippen molar-refractivity contribution in [1.29, 1.82) is 0 Å². The lowest BCUT2D eigenvalue weighted by atomic mass is 10.0. The van der Waals surface area contributed by atoms with Gasteiger partial charge in [0.15, 0.2) is 0 Å². The van der Waals surface area contributed by atoms with Crippen LogP contribution >= 0.6 is 0 Å². The highest BCUT2D eigenvalue weighted by molar-refractivity contribution is 5.67. The maximum atomic E-state index is 10.6. The molecule has 3 N–H and O–H groups in total. The highest BCUT2D eigenvalue weighted by Gasteiger charge is 2.11. The minimum atomic E-state index is -0.854. The Hall–Kier alpha value is -1.55. The van der Waals surface area contributed by atoms with Crippen molar-refractivity contribution in [1.82, 2.24) is 0 Å². The molecule has 106 valence electrons. The van der Waals surface area contributed by atoms with Gasteiger partial charge in [0.2, 0.25) is 0 Å². The fourth-order valence-corrected chi connectivity index (χ4v) is 2.10. The zero-order valence-electron chi connectivity index (χ0n) is 12.0. The van der Waals surface area contributed by atoms with Gasteiger partial charge < -0.3 is 15.7 Å². The van der Waals surface area contributed by atoms with Gasteiger partial charge in [-0.3, -0.25) is 4.79 Å². The molecule has 0 spiro atoms. The molecule has 1 atom stereocenters. The Balaban J connectivity index is 2.57. The van der Waals surface area contributed by atoms with Crippen LogP contribution in [0.3, 0.4) is 0 Å². The van der Waals surface area contributed by atoms with E-state index in [1.165, 1.54) is 5.56 Å². The first-order valence-corrected chi connectivity index (χ1v) is 6.66. The van der Waals surface area contributed by atoms with Crippen LogP contribution in [0.15, 0.2) is 24.3 Å². The van der Waals surface area contributed by atoms with Gasteiger partial charge in [0.1, 0.15) is 0 Å². The Morgan fingerprint density at radius 3 is 2.37 bits per heavy atom. The summed E-state index contributed by atoms with van der Waals surface area (Å²) in [4.78, 5) is 12.6. The van der Waals surface area contributed by atoms with E-state index in [9.17, 15) is 4.79 Å². The summed E-state index contributed by atoms with van der Waals surface area (Å²) in [6.07, 6.45) is 1.07. The van der Waals surface area contributed by atoms with Gasteiger partial charge in [0.05, 0.1) is 6.42 Å². The lowest BCUT2D eigenvalue weighted by molar-refractivity contribution is -0.137. The van der Waals surface area contributed by atoms with Crippen LogP contribution in [-0.4, -0.2) is 30.7 Å². The number of rotatable bonds is 7. The lowest BCUT2D eigenvalue weighted by Gasteiger charge is -2.23. The van der Waals surface area contributed by atoms with Crippen molar-refractivity contribution < 1.29 is 9.90 Å². The number of aliphatic carboxylic acids is 1. The Kier molecular flexibility index (Phi) is 5.83. The molecule has 0 aliphatic heterocycles. The summed E-state index contributed by atoms with van der Waals surface area (Å²) < 4.78 is 0. The van der Waals surface area contributed by atoms with Gasteiger partial charge in [-0.2, -0.15) is 0 Å². The topological polar surface area (TPSA) is 66.6 Å². The molecular weight excluding hydrogens is 240 g/mol. The van der Waals surface area contributed by atoms with E-state index in [1.54, 1.807) is 0 Å². The van der Waals surface area contributed by atoms with Crippen molar-refractivity contribution in [3.05, 3.63) is 29.8 Å². The van der Waals surface area contributed by atoms with E-state index < -0.39 is 5.97 Å². The molecule has 0 saturated heterocycles. The molecule has 1 rings (SSSR count). The first-order chi connectivity index (χ1) is 8.88. The Bertz CT molecular complexity index is 401. The molecule has 1 aromatic rings. The molecule has 1 unspecified atom stereocenters. The fourth-order valence-electron chi connectivity index (χ4n) is 2.10. The van der Waals surface area contributed by atoms with E-state index in [1.807, 2.05) is 11.9 Å². The van der Waals surface area contributed by atoms with Crippen molar-refractivity contribution in [2.24, 2.45) is 11.7 Å². The van der Waals surface area contributed by atoms with E-state index >= 15 is 0 Å². The van der Waals surface area contributed by atoms with Crippen molar-refractivity contribution in [2.45, 2.75) is 32.7 Å². The number of nitrogens with zero attached hydrogens (tertiary/aromatic N) is 1. The summed E-state index contributed by atoms with van der Waals surface area (Å²) in [6, 6.07) is 8.01. The predicted molar refractivity (Wildman–Crippen MR) is 78.5 cm³/mol. The highest BCUT2D eigenvalue weighted by Crippen LogP contribution is 2.16. The average molecular weight is 264 g/mol. The molecule has 0 saturated carbocycles. The van der Waals surface area contributed by atoms with Gasteiger partial charge in [-0.15, -0.1) is 0 Å². The molecule has 0 aliphatic rings. The highest BCUT2D eigenvalue weighted by atomic mass is 16.4. The molecule has 0 fully saturated rings. The lowest BCUT2D eigenvalue weighted by Crippen LogP contribution is -2.36. The third-order valence-electron chi connectivity index (χ3n) is 2.97. The van der Waals surface area contributed by atoms with Crippen molar-refractivity contribution in [2.75, 3.05) is 18.5 Å². The second kappa shape index (κ2) is 7.14. The van der Waals surface area contributed by atoms with Gasteiger partial charge >= 0.3 is 5.97 Å². The molecule has 0 bridgehead atoms. The van der Waals surface area contributed by atoms with Crippen molar-refractivity contribution >= 4 is 11.7 Å². The minimum Gasteiger partial charge on any atom is -0.481 e. The van der Waals surface area contributed by atoms with E-state index in [4.69, 9.17) is 10.8 Å². The number of likely N-dealkylation sites (N-methyl/N-ethyl adjacent to an activating group) is 1. The van der Waals surface area contributed by atoms with E-state index in [-0.39, 0.29) is 12.5 Å². The van der Waals surface area contributed by atoms with Gasteiger partial charge in [-0.05, 0) is 30.0 Å². The maximum absolute atomic E-state index is 10.6. The molecule has 0 aliphatic carbocycles. The third kappa shape index (κ3) is 5.75. The quantitative estimate of drug-likeness (QED) is 0.791. The van der Waals surface area contributed by atoms with Crippen LogP contribution in [-0.2, 0) is 11.2 Å². The van der Waals surface area contributed by atoms with Crippen LogP contribution < -0.4 is 10.6 Å². The molecule has 0 heterocycles. The standard InChI is InChI=1S/C15H24N2O2/c1-11(2)8-12-4-6-14(7-5-12)17(3)10-13(16)9-15(18)19/h4-7,11,13H,8-10,16H2,1-3H3,(H,18,19). The van der Waals surface area contributed by atoms with Gasteiger partial charge in [-0.25, -0.2) is 0 Å². The number of hydrogen-bond donors (Lipinski definition) is 2. The number of carboxylic acid groups (broad SMARTS) is 1. The first kappa shape index (κ1) is 15.5. The zero-order valence-corrected chi connectivity index (χ0v) is 12.0. The third-order valence-corrected chi connectivity index (χ3v) is 2.97. The molecule has 4 nitrogen and oxygen atoms in total. The number of nitrogens with two attached hydrogens (primary N) is 1. The van der Waals surface area contributed by atoms with Crippen LogP contribution in [0.25, 0.3) is 0 Å². The van der Waals surface area contributed by atoms with E-state index in [0.29, 0.717) is 12.5 Å². The smallest absolute Gasteiger partial charge is 0.304 e. The van der Waals surface area contributed by atoms with Crippen LogP contribution in [0.4, 0.5) is 5.69 Å². The van der Waals surface area contributed by atoms with E-state index in [2.05, 4.69) is 38.1 Å². The SMILES string of the molecule is CC(C)Cc1ccc(N(C)CC(N)CC(=O)O)cc1. The number of carbonyl (C=O) groups is 1. The maximum Gasteiger partial charge on any atom is 0.304 e. The van der Waals surface area contributed by atoms with Gasteiger partial charge in [-0.1, -0.05) is 26.0 Å². The number of benzene rings is 1. The fraction of sp³-hybridized carbons (Fsp3) is 0.533. The molecule has 1 aromatic carbocycles. The van der Waals surface area contributed by atoms with E-state index in [0.717, 1.165) is 12.1 Å². The Morgan fingerprint density at radius 2 is 1.89 bits per heavy atom. The number of hydrogen-bond acceptors (Lipinski definition) is 3. The second-order valence-corrected chi connectivity index (χ2v) is 5.50. The monoisotopic (exact) mass is 264 g/mol. The molecule has 4 heteroatoms. The summed E-state index contributed by atoms with van der Waals surface area (Å²) in [5.41, 5.74) is 8.17. The number of carboxylic acids is 1. The normalized spacial score (nSPS) is 12.5. The Morgan fingerprint density at radius 1 is 1.32 bits per heavy atom. The summed E-state index contributed by atoms with van der Waals surface area (Å²) in [6.45, 7) is 4.94. The minimum absolute atomic E-state index is 0.00419. The average Bonchev–Trinajstić information content (AvgIpc) is 2.27. The predicted octanol–water partition coefficient (Wildman–Crippen LogP) is 2.12. The van der Waals surface area contributed by atoms with Crippen LogP contribution in [0.1, 0.15) is 25.8 Å². The Labute approximate surface area is 115 Å². The molecule has 0 radical (unpaired) electrons. The van der Waals surface area contributed by atoms with Crippen molar-refractivity contribution in [3.63, 3.8) is 0 Å². The molecular formula is C15H24N2O2. The van der Waals surface area contributed by atoms with Crippen molar-refractivity contribution in [3.8, 4) is 0 Å².